The van der Waals surface area contributed by atoms with Gasteiger partial charge < -0.3 is 14.6 Å². The van der Waals surface area contributed by atoms with Gasteiger partial charge in [-0.2, -0.15) is 0 Å². The van der Waals surface area contributed by atoms with Crippen LogP contribution in [0.25, 0.3) is 21.8 Å². The van der Waals surface area contributed by atoms with Crippen molar-refractivity contribution < 1.29 is 4.74 Å². The predicted molar refractivity (Wildman–Crippen MR) is 114 cm³/mol. The Labute approximate surface area is 162 Å². The van der Waals surface area contributed by atoms with Crippen molar-refractivity contribution in [1.82, 2.24) is 9.88 Å². The molecule has 0 spiro atoms. The molecule has 3 heteroatoms. The lowest BCUT2D eigenvalue weighted by atomic mass is 9.78. The normalized spacial score (nSPS) is 22.9. The van der Waals surface area contributed by atoms with Crippen LogP contribution >= 0.6 is 0 Å². The van der Waals surface area contributed by atoms with Gasteiger partial charge >= 0.3 is 0 Å². The highest BCUT2D eigenvalue weighted by Gasteiger charge is 2.41. The fourth-order valence-corrected chi connectivity index (χ4v) is 5.21. The quantitative estimate of drug-likeness (QED) is 0.621. The second-order valence-electron chi connectivity index (χ2n) is 8.11. The molecule has 0 radical (unpaired) electrons. The molecule has 1 N–H and O–H groups in total. The van der Waals surface area contributed by atoms with Crippen LogP contribution < -0.4 is 5.32 Å². The molecule has 0 saturated carbocycles. The van der Waals surface area contributed by atoms with Gasteiger partial charge in [0.2, 0.25) is 0 Å². The van der Waals surface area contributed by atoms with Gasteiger partial charge in [-0.15, -0.1) is 0 Å². The molecule has 4 rings (SSSR count). The zero-order valence-corrected chi connectivity index (χ0v) is 16.9. The maximum Gasteiger partial charge on any atom is 0.0826 e. The van der Waals surface area contributed by atoms with Crippen molar-refractivity contribution in [2.24, 2.45) is 5.92 Å². The lowest BCUT2D eigenvalue weighted by molar-refractivity contribution is -0.106. The summed E-state index contributed by atoms with van der Waals surface area (Å²) in [6, 6.07) is 18.2. The summed E-state index contributed by atoms with van der Waals surface area (Å²) >= 11 is 0. The van der Waals surface area contributed by atoms with E-state index in [4.69, 9.17) is 4.74 Å². The topological polar surface area (TPSA) is 26.2 Å². The van der Waals surface area contributed by atoms with Gasteiger partial charge in [-0.05, 0) is 31.9 Å². The van der Waals surface area contributed by atoms with E-state index < -0.39 is 0 Å². The molecule has 1 saturated heterocycles. The Balaban J connectivity index is 1.91. The largest absolute Gasteiger partial charge is 0.372 e. The van der Waals surface area contributed by atoms with Crippen LogP contribution in [-0.4, -0.2) is 29.9 Å². The molecule has 2 heterocycles. The average Bonchev–Trinajstić information content (AvgIpc) is 3.03. The monoisotopic (exact) mass is 364 g/mol. The van der Waals surface area contributed by atoms with Crippen molar-refractivity contribution >= 4 is 21.8 Å². The van der Waals surface area contributed by atoms with Gasteiger partial charge in [0.05, 0.1) is 12.2 Å². The summed E-state index contributed by atoms with van der Waals surface area (Å²) < 4.78 is 9.01. The summed E-state index contributed by atoms with van der Waals surface area (Å²) in [5.74, 6) is 0.462. The van der Waals surface area contributed by atoms with E-state index in [1.807, 2.05) is 0 Å². The summed E-state index contributed by atoms with van der Waals surface area (Å²) in [5, 5.41) is 6.29. The molecule has 0 amide bonds. The molecule has 1 aliphatic heterocycles. The lowest BCUT2D eigenvalue weighted by Crippen LogP contribution is -2.54. The van der Waals surface area contributed by atoms with E-state index in [9.17, 15) is 0 Å². The number of nitrogens with zero attached hydrogens (tertiary/aromatic N) is 1. The molecule has 3 nitrogen and oxygen atoms in total. The van der Waals surface area contributed by atoms with Gasteiger partial charge in [-0.3, -0.25) is 0 Å². The Bertz CT molecular complexity index is 854. The van der Waals surface area contributed by atoms with Crippen molar-refractivity contribution in [3.63, 3.8) is 0 Å². The first-order valence-corrected chi connectivity index (χ1v) is 10.5. The van der Waals surface area contributed by atoms with Crippen LogP contribution in [0.15, 0.2) is 48.5 Å². The van der Waals surface area contributed by atoms with Gasteiger partial charge in [0, 0.05) is 46.9 Å². The van der Waals surface area contributed by atoms with Gasteiger partial charge in [0.25, 0.3) is 0 Å². The molecule has 0 aliphatic carbocycles. The van der Waals surface area contributed by atoms with Crippen LogP contribution in [0.3, 0.4) is 0 Å². The number of para-hydroxylation sites is 2. The Hall–Kier alpha value is -1.84. The van der Waals surface area contributed by atoms with Crippen LogP contribution in [0, 0.1) is 5.92 Å². The minimum absolute atomic E-state index is 0.126. The predicted octanol–water partition coefficient (Wildman–Crippen LogP) is 5.54. The van der Waals surface area contributed by atoms with E-state index in [1.165, 1.54) is 34.6 Å². The molecule has 3 atom stereocenters. The first-order valence-electron chi connectivity index (χ1n) is 10.5. The molecule has 0 bridgehead atoms. The molecule has 2 aromatic carbocycles. The number of ether oxygens (including phenoxy) is 1. The molecule has 1 fully saturated rings. The summed E-state index contributed by atoms with van der Waals surface area (Å²) in [6.07, 6.45) is 3.45. The Kier molecular flexibility index (Phi) is 5.25. The van der Waals surface area contributed by atoms with Crippen LogP contribution in [0.5, 0.6) is 0 Å². The fraction of sp³-hybridized carbons (Fsp3) is 0.500. The molecule has 144 valence electrons. The molecule has 3 unspecified atom stereocenters. The number of benzene rings is 2. The van der Waals surface area contributed by atoms with Crippen molar-refractivity contribution in [3.05, 3.63) is 48.5 Å². The second-order valence-corrected chi connectivity index (χ2v) is 8.11. The number of hydrogen-bond donors (Lipinski definition) is 1. The van der Waals surface area contributed by atoms with E-state index in [1.54, 1.807) is 0 Å². The Morgan fingerprint density at radius 1 is 1.04 bits per heavy atom. The van der Waals surface area contributed by atoms with Crippen LogP contribution in [-0.2, 0) is 4.74 Å². The van der Waals surface area contributed by atoms with Crippen molar-refractivity contribution in [2.75, 3.05) is 19.7 Å². The molecular weight excluding hydrogens is 332 g/mol. The number of fused-ring (bicyclic) bond motifs is 3. The highest BCUT2D eigenvalue weighted by atomic mass is 16.5. The van der Waals surface area contributed by atoms with Gasteiger partial charge in [0.1, 0.15) is 0 Å². The number of aromatic nitrogens is 1. The lowest BCUT2D eigenvalue weighted by Gasteiger charge is -2.45. The molecule has 1 aromatic heterocycles. The van der Waals surface area contributed by atoms with E-state index in [2.05, 4.69) is 79.2 Å². The summed E-state index contributed by atoms with van der Waals surface area (Å²) in [5.41, 5.74) is 2.57. The van der Waals surface area contributed by atoms with Gasteiger partial charge in [-0.25, -0.2) is 0 Å². The fourth-order valence-electron chi connectivity index (χ4n) is 5.21. The first-order chi connectivity index (χ1) is 13.2. The van der Waals surface area contributed by atoms with E-state index in [-0.39, 0.29) is 5.60 Å². The molecular formula is C24H32N2O. The average molecular weight is 365 g/mol. The van der Waals surface area contributed by atoms with Crippen LogP contribution in [0.4, 0.5) is 0 Å². The van der Waals surface area contributed by atoms with Gasteiger partial charge in [0.15, 0.2) is 0 Å². The third-order valence-electron chi connectivity index (χ3n) is 6.41. The third-order valence-corrected chi connectivity index (χ3v) is 6.41. The van der Waals surface area contributed by atoms with Crippen molar-refractivity contribution in [1.29, 1.82) is 0 Å². The second kappa shape index (κ2) is 7.65. The first kappa shape index (κ1) is 18.5. The Morgan fingerprint density at radius 3 is 2.19 bits per heavy atom. The smallest absolute Gasteiger partial charge is 0.0826 e. The van der Waals surface area contributed by atoms with E-state index in [0.29, 0.717) is 12.0 Å². The summed E-state index contributed by atoms with van der Waals surface area (Å²) in [7, 11) is 0. The van der Waals surface area contributed by atoms with Crippen molar-refractivity contribution in [3.8, 4) is 0 Å². The molecule has 27 heavy (non-hydrogen) atoms. The van der Waals surface area contributed by atoms with Gasteiger partial charge in [-0.1, -0.05) is 56.7 Å². The van der Waals surface area contributed by atoms with Crippen LogP contribution in [0.1, 0.15) is 46.1 Å². The van der Waals surface area contributed by atoms with E-state index in [0.717, 1.165) is 26.1 Å². The number of rotatable bonds is 6. The highest BCUT2D eigenvalue weighted by Crippen LogP contribution is 2.42. The maximum absolute atomic E-state index is 6.39. The molecule has 3 aromatic rings. The maximum atomic E-state index is 6.39. The van der Waals surface area contributed by atoms with Crippen LogP contribution in [0.2, 0.25) is 0 Å². The minimum Gasteiger partial charge on any atom is -0.372 e. The SMILES string of the molecule is CCCC(C(CC)C1(C)CNCCO1)n1c2ccccc2c2ccccc21. The van der Waals surface area contributed by atoms with Crippen molar-refractivity contribution in [2.45, 2.75) is 51.7 Å². The number of nitrogens with one attached hydrogen (secondary N) is 1. The summed E-state index contributed by atoms with van der Waals surface area (Å²) in [4.78, 5) is 0. The third kappa shape index (κ3) is 3.17. The number of hydrogen-bond acceptors (Lipinski definition) is 2. The zero-order valence-electron chi connectivity index (χ0n) is 16.9. The molecule has 1 aliphatic rings. The highest BCUT2D eigenvalue weighted by molar-refractivity contribution is 6.08. The summed E-state index contributed by atoms with van der Waals surface area (Å²) in [6.45, 7) is 9.63. The zero-order chi connectivity index (χ0) is 18.9. The standard InChI is InChI=1S/C24H32N2O/c1-4-10-23(20(5-2)24(3)17-25-15-16-27-24)26-21-13-8-6-11-18(21)19-12-7-9-14-22(19)26/h6-9,11-14,20,23,25H,4-5,10,15-17H2,1-3H3. The van der Waals surface area contributed by atoms with E-state index >= 15 is 0 Å². The Morgan fingerprint density at radius 2 is 1.67 bits per heavy atom. The minimum atomic E-state index is -0.126. The number of morpholine rings is 1.